The maximum absolute atomic E-state index is 5.64. The van der Waals surface area contributed by atoms with E-state index in [9.17, 15) is 0 Å². The quantitative estimate of drug-likeness (QED) is 0.533. The van der Waals surface area contributed by atoms with Crippen LogP contribution in [0.1, 0.15) is 66.5 Å². The van der Waals surface area contributed by atoms with Crippen LogP contribution in [0.3, 0.4) is 0 Å². The van der Waals surface area contributed by atoms with E-state index < -0.39 is 0 Å². The molecular formula is C26H38N6S. The van der Waals surface area contributed by atoms with E-state index in [1.807, 2.05) is 0 Å². The summed E-state index contributed by atoms with van der Waals surface area (Å²) in [7, 11) is 4.16. The first-order chi connectivity index (χ1) is 15.8. The number of aromatic nitrogens is 2. The van der Waals surface area contributed by atoms with Gasteiger partial charge >= 0.3 is 0 Å². The van der Waals surface area contributed by atoms with E-state index in [4.69, 9.17) is 22.2 Å². The summed E-state index contributed by atoms with van der Waals surface area (Å²) in [5.74, 6) is 1.87. The number of benzene rings is 1. The minimum atomic E-state index is 0.399. The molecule has 2 aliphatic rings. The maximum Gasteiger partial charge on any atom is 0.225 e. The number of thiocarbonyl (C=S) groups is 1. The van der Waals surface area contributed by atoms with Gasteiger partial charge in [-0.2, -0.15) is 4.98 Å². The zero-order chi connectivity index (χ0) is 23.5. The average molecular weight is 467 g/mol. The van der Waals surface area contributed by atoms with Crippen LogP contribution in [0.2, 0.25) is 0 Å². The highest BCUT2D eigenvalue weighted by Gasteiger charge is 2.24. The van der Waals surface area contributed by atoms with Crippen molar-refractivity contribution in [2.24, 2.45) is 0 Å². The highest BCUT2D eigenvalue weighted by atomic mass is 32.1. The van der Waals surface area contributed by atoms with Crippen LogP contribution in [0.15, 0.2) is 12.1 Å². The Kier molecular flexibility index (Phi) is 7.37. The van der Waals surface area contributed by atoms with E-state index in [-0.39, 0.29) is 0 Å². The van der Waals surface area contributed by atoms with Crippen LogP contribution in [0.4, 0.5) is 17.5 Å². The van der Waals surface area contributed by atoms with Gasteiger partial charge in [0.05, 0.1) is 5.69 Å². The van der Waals surface area contributed by atoms with E-state index in [0.29, 0.717) is 12.1 Å². The number of aryl methyl sites for hydroxylation is 4. The van der Waals surface area contributed by atoms with Crippen molar-refractivity contribution in [1.82, 2.24) is 15.3 Å². The van der Waals surface area contributed by atoms with Gasteiger partial charge in [-0.15, -0.1) is 0 Å². The number of nitrogens with zero attached hydrogens (tertiary/aromatic N) is 3. The Hall–Kier alpha value is -2.41. The molecule has 6 nitrogen and oxygen atoms in total. The van der Waals surface area contributed by atoms with Gasteiger partial charge in [-0.1, -0.05) is 17.7 Å². The Morgan fingerprint density at radius 2 is 1.58 bits per heavy atom. The van der Waals surface area contributed by atoms with Crippen molar-refractivity contribution in [1.29, 1.82) is 0 Å². The minimum absolute atomic E-state index is 0.399. The first-order valence-corrected chi connectivity index (χ1v) is 12.7. The molecular weight excluding hydrogens is 428 g/mol. The van der Waals surface area contributed by atoms with E-state index >= 15 is 0 Å². The average Bonchev–Trinajstić information content (AvgIpc) is 2.77. The molecule has 1 aromatic carbocycles. The van der Waals surface area contributed by atoms with Gasteiger partial charge in [-0.25, -0.2) is 4.98 Å². The molecule has 0 radical (unpaired) electrons. The topological polar surface area (TPSA) is 65.1 Å². The monoisotopic (exact) mass is 466 g/mol. The number of anilines is 3. The molecule has 0 amide bonds. The van der Waals surface area contributed by atoms with Gasteiger partial charge in [0.25, 0.3) is 0 Å². The molecule has 1 heterocycles. The third-order valence-corrected chi connectivity index (χ3v) is 7.12. The Bertz CT molecular complexity index is 987. The van der Waals surface area contributed by atoms with Crippen molar-refractivity contribution < 1.29 is 0 Å². The fourth-order valence-corrected chi connectivity index (χ4v) is 5.55. The van der Waals surface area contributed by atoms with Crippen LogP contribution >= 0.6 is 12.2 Å². The predicted octanol–water partition coefficient (Wildman–Crippen LogP) is 5.06. The van der Waals surface area contributed by atoms with E-state index in [0.717, 1.165) is 61.1 Å². The van der Waals surface area contributed by atoms with Gasteiger partial charge in [0.2, 0.25) is 5.95 Å². The standard InChI is InChI=1S/C26H38N6S/c1-16-14-17(2)23(18(3)15-16)30-26(33)28-20-12-10-19(11-13-20)27-25-29-22-9-7-6-8-21(22)24(31-25)32(4)5/h14-15,19-20H,6-13H2,1-5H3,(H,27,29,31)(H2,28,30,33). The summed E-state index contributed by atoms with van der Waals surface area (Å²) in [6.45, 7) is 6.39. The molecule has 3 N–H and O–H groups in total. The van der Waals surface area contributed by atoms with Gasteiger partial charge < -0.3 is 20.9 Å². The molecule has 0 atom stereocenters. The molecule has 1 aromatic heterocycles. The van der Waals surface area contributed by atoms with Gasteiger partial charge in [-0.05, 0) is 95.5 Å². The second-order valence-electron chi connectivity index (χ2n) is 9.96. The van der Waals surface area contributed by atoms with E-state index in [1.165, 1.54) is 40.8 Å². The van der Waals surface area contributed by atoms with Crippen molar-refractivity contribution in [3.8, 4) is 0 Å². The van der Waals surface area contributed by atoms with Gasteiger partial charge in [-0.3, -0.25) is 0 Å². The van der Waals surface area contributed by atoms with Gasteiger partial charge in [0.15, 0.2) is 5.11 Å². The van der Waals surface area contributed by atoms with Crippen LogP contribution < -0.4 is 20.9 Å². The Morgan fingerprint density at radius 1 is 0.939 bits per heavy atom. The molecule has 0 saturated heterocycles. The van der Waals surface area contributed by atoms with Crippen LogP contribution in [0.5, 0.6) is 0 Å². The SMILES string of the molecule is Cc1cc(C)c(NC(=S)NC2CCC(Nc3nc4c(c(N(C)C)n3)CCCC4)CC2)c(C)c1. The third kappa shape index (κ3) is 5.75. The smallest absolute Gasteiger partial charge is 0.225 e. The molecule has 2 aromatic rings. The lowest BCUT2D eigenvalue weighted by Gasteiger charge is -2.31. The first-order valence-electron chi connectivity index (χ1n) is 12.3. The third-order valence-electron chi connectivity index (χ3n) is 6.90. The lowest BCUT2D eigenvalue weighted by atomic mass is 9.91. The molecule has 1 fully saturated rings. The lowest BCUT2D eigenvalue weighted by molar-refractivity contribution is 0.387. The molecule has 2 aliphatic carbocycles. The van der Waals surface area contributed by atoms with Crippen molar-refractivity contribution in [3.05, 3.63) is 40.1 Å². The van der Waals surface area contributed by atoms with Crippen molar-refractivity contribution >= 4 is 34.8 Å². The molecule has 1 saturated carbocycles. The summed E-state index contributed by atoms with van der Waals surface area (Å²) in [6, 6.07) is 5.19. The van der Waals surface area contributed by atoms with Crippen LogP contribution in [-0.2, 0) is 12.8 Å². The van der Waals surface area contributed by atoms with Gasteiger partial charge in [0, 0.05) is 37.4 Å². The summed E-state index contributed by atoms with van der Waals surface area (Å²) >= 11 is 5.64. The van der Waals surface area contributed by atoms with Crippen LogP contribution in [0, 0.1) is 20.8 Å². The highest BCUT2D eigenvalue weighted by molar-refractivity contribution is 7.80. The van der Waals surface area contributed by atoms with E-state index in [2.05, 4.69) is 67.8 Å². The maximum atomic E-state index is 5.64. The molecule has 7 heteroatoms. The summed E-state index contributed by atoms with van der Waals surface area (Å²) in [5, 5.41) is 11.3. The van der Waals surface area contributed by atoms with Crippen LogP contribution in [0.25, 0.3) is 0 Å². The fourth-order valence-electron chi connectivity index (χ4n) is 5.29. The Balaban J connectivity index is 1.31. The molecule has 0 spiro atoms. The first kappa shape index (κ1) is 23.7. The number of hydrogen-bond donors (Lipinski definition) is 3. The second-order valence-corrected chi connectivity index (χ2v) is 10.4. The second kappa shape index (κ2) is 10.2. The number of hydrogen-bond acceptors (Lipinski definition) is 5. The van der Waals surface area contributed by atoms with Crippen molar-refractivity contribution in [3.63, 3.8) is 0 Å². The Labute approximate surface area is 204 Å². The normalized spacial score (nSPS) is 20.0. The Morgan fingerprint density at radius 3 is 2.24 bits per heavy atom. The molecule has 0 unspecified atom stereocenters. The van der Waals surface area contributed by atoms with E-state index in [1.54, 1.807) is 0 Å². The molecule has 0 aliphatic heterocycles. The summed E-state index contributed by atoms with van der Waals surface area (Å²) in [5.41, 5.74) is 7.43. The largest absolute Gasteiger partial charge is 0.362 e. The number of nitrogens with one attached hydrogen (secondary N) is 3. The summed E-state index contributed by atoms with van der Waals surface area (Å²) in [4.78, 5) is 11.9. The highest BCUT2D eigenvalue weighted by Crippen LogP contribution is 2.29. The zero-order valence-electron chi connectivity index (χ0n) is 20.7. The summed E-state index contributed by atoms with van der Waals surface area (Å²) in [6.07, 6.45) is 8.95. The molecule has 4 rings (SSSR count). The zero-order valence-corrected chi connectivity index (χ0v) is 21.5. The predicted molar refractivity (Wildman–Crippen MR) is 143 cm³/mol. The fraction of sp³-hybridized carbons (Fsp3) is 0.577. The molecule has 0 bridgehead atoms. The van der Waals surface area contributed by atoms with Crippen molar-refractivity contribution in [2.45, 2.75) is 84.2 Å². The molecule has 33 heavy (non-hydrogen) atoms. The summed E-state index contributed by atoms with van der Waals surface area (Å²) < 4.78 is 0. The molecule has 178 valence electrons. The lowest BCUT2D eigenvalue weighted by Crippen LogP contribution is -2.42. The number of rotatable bonds is 5. The van der Waals surface area contributed by atoms with Crippen LogP contribution in [-0.4, -0.2) is 41.3 Å². The van der Waals surface area contributed by atoms with Gasteiger partial charge in [0.1, 0.15) is 5.82 Å². The van der Waals surface area contributed by atoms with Crippen molar-refractivity contribution in [2.75, 3.05) is 29.6 Å². The minimum Gasteiger partial charge on any atom is -0.362 e. The number of fused-ring (bicyclic) bond motifs is 1.